The van der Waals surface area contributed by atoms with E-state index in [1.165, 1.54) is 44.5 Å². The highest BCUT2D eigenvalue weighted by Gasteiger charge is 2.43. The van der Waals surface area contributed by atoms with E-state index in [9.17, 15) is 10.2 Å². The summed E-state index contributed by atoms with van der Waals surface area (Å²) in [5.41, 5.74) is 16.5. The molecule has 0 atom stereocenters. The van der Waals surface area contributed by atoms with E-state index in [1.807, 2.05) is 36.4 Å². The molecule has 0 saturated carbocycles. The van der Waals surface area contributed by atoms with Gasteiger partial charge >= 0.3 is 0 Å². The highest BCUT2D eigenvalue weighted by molar-refractivity contribution is 5.73. The lowest BCUT2D eigenvalue weighted by Gasteiger charge is -2.42. The van der Waals surface area contributed by atoms with Gasteiger partial charge in [0.25, 0.3) is 0 Å². The van der Waals surface area contributed by atoms with Crippen molar-refractivity contribution in [2.75, 3.05) is 0 Å². The fourth-order valence-electron chi connectivity index (χ4n) is 9.24. The third kappa shape index (κ3) is 4.92. The number of phenolic OH excluding ortho intramolecular Hbond substituents is 1. The summed E-state index contributed by atoms with van der Waals surface area (Å²) in [6.45, 7) is 4.35. The molecule has 0 radical (unpaired) electrons. The first-order valence-corrected chi connectivity index (χ1v) is 18.2. The molecule has 6 aromatic rings. The minimum Gasteiger partial charge on any atom is -0.508 e. The van der Waals surface area contributed by atoms with Crippen LogP contribution >= 0.6 is 0 Å². The van der Waals surface area contributed by atoms with Crippen LogP contribution in [-0.2, 0) is 0 Å². The maximum absolute atomic E-state index is 11.2. The zero-order valence-electron chi connectivity index (χ0n) is 29.0. The van der Waals surface area contributed by atoms with Crippen LogP contribution in [0.1, 0.15) is 102 Å². The number of phenols is 1. The Labute approximate surface area is 310 Å². The molecule has 0 amide bonds. The molecule has 5 aliphatic rings. The average Bonchev–Trinajstić information content (AvgIpc) is 3.21. The van der Waals surface area contributed by atoms with Gasteiger partial charge in [-0.2, -0.15) is 0 Å². The summed E-state index contributed by atoms with van der Waals surface area (Å²) in [7, 11) is 0. The summed E-state index contributed by atoms with van der Waals surface area (Å²) in [6.07, 6.45) is 4.42. The van der Waals surface area contributed by atoms with Crippen LogP contribution in [0.3, 0.4) is 0 Å². The normalized spacial score (nSPS) is 21.7. The maximum atomic E-state index is 11.2. The van der Waals surface area contributed by atoms with Crippen molar-refractivity contribution in [3.8, 4) is 29.4 Å². The molecule has 2 nitrogen and oxygen atoms in total. The van der Waals surface area contributed by atoms with E-state index in [1.54, 1.807) is 12.1 Å². The van der Waals surface area contributed by atoms with Crippen molar-refractivity contribution in [3.05, 3.63) is 241 Å². The molecule has 0 aromatic heterocycles. The van der Waals surface area contributed by atoms with Crippen molar-refractivity contribution in [2.24, 2.45) is 0 Å². The minimum absolute atomic E-state index is 0.0124. The second-order valence-electron chi connectivity index (χ2n) is 14.4. The van der Waals surface area contributed by atoms with Crippen LogP contribution in [0.4, 0.5) is 0 Å². The summed E-state index contributed by atoms with van der Waals surface area (Å²) in [5.74, 6) is 14.3. The van der Waals surface area contributed by atoms with E-state index in [4.69, 9.17) is 0 Å². The highest BCUT2D eigenvalue weighted by atomic mass is 16.3. The lowest BCUT2D eigenvalue weighted by Crippen LogP contribution is -2.28. The Bertz CT molecular complexity index is 2620. The molecule has 250 valence electrons. The lowest BCUT2D eigenvalue weighted by atomic mass is 9.60. The van der Waals surface area contributed by atoms with Crippen LogP contribution in [0, 0.1) is 23.7 Å². The van der Waals surface area contributed by atoms with Crippen molar-refractivity contribution in [2.45, 2.75) is 30.1 Å². The molecule has 0 unspecified atom stereocenters. The van der Waals surface area contributed by atoms with Gasteiger partial charge in [0.1, 0.15) is 11.5 Å². The van der Waals surface area contributed by atoms with Gasteiger partial charge in [-0.1, -0.05) is 127 Å². The molecule has 6 aromatic carbocycles. The SMILES string of the molecule is C=C1/C(O)=C\C=C(\C#Cc2ccc(C#Cc3ccc(O)c4c3C3c5ccccc5C4c4ccccc43)cc2)CC2c3ccccc3C1c1ccccc12. The number of hydrogen-bond donors (Lipinski definition) is 2. The third-order valence-electron chi connectivity index (χ3n) is 11.6. The molecule has 0 spiro atoms. The van der Waals surface area contributed by atoms with E-state index in [2.05, 4.69) is 127 Å². The molecule has 0 heterocycles. The van der Waals surface area contributed by atoms with E-state index >= 15 is 0 Å². The van der Waals surface area contributed by atoms with Crippen molar-refractivity contribution in [1.29, 1.82) is 0 Å². The summed E-state index contributed by atoms with van der Waals surface area (Å²) in [5, 5.41) is 22.4. The Balaban J connectivity index is 0.971. The number of benzene rings is 6. The van der Waals surface area contributed by atoms with Crippen LogP contribution in [0.5, 0.6) is 5.75 Å². The van der Waals surface area contributed by atoms with Gasteiger partial charge < -0.3 is 10.2 Å². The van der Waals surface area contributed by atoms with Gasteiger partial charge in [0.05, 0.1) is 0 Å². The summed E-state index contributed by atoms with van der Waals surface area (Å²) < 4.78 is 0. The maximum Gasteiger partial charge on any atom is 0.120 e. The zero-order valence-corrected chi connectivity index (χ0v) is 29.0. The fourth-order valence-corrected chi connectivity index (χ4v) is 9.24. The van der Waals surface area contributed by atoms with Crippen molar-refractivity contribution in [3.63, 3.8) is 0 Å². The number of aromatic hydroxyl groups is 1. The molecule has 11 rings (SSSR count). The molecule has 0 aliphatic heterocycles. The van der Waals surface area contributed by atoms with E-state index < -0.39 is 0 Å². The van der Waals surface area contributed by atoms with E-state index in [-0.39, 0.29) is 29.4 Å². The van der Waals surface area contributed by atoms with Crippen LogP contribution in [-0.4, -0.2) is 10.2 Å². The Hall–Kier alpha value is -6.74. The van der Waals surface area contributed by atoms with Crippen molar-refractivity contribution in [1.82, 2.24) is 0 Å². The number of aliphatic hydroxyl groups excluding tert-OH is 1. The van der Waals surface area contributed by atoms with Crippen LogP contribution in [0.25, 0.3) is 0 Å². The molecule has 5 aliphatic carbocycles. The molecular formula is C51H34O2. The molecular weight excluding hydrogens is 645 g/mol. The predicted molar refractivity (Wildman–Crippen MR) is 211 cm³/mol. The highest BCUT2D eigenvalue weighted by Crippen LogP contribution is 2.58. The minimum atomic E-state index is -0.0828. The standard InChI is InChI=1S/C51H34O2/c1-31-45(52)28-25-34(30-44-36-10-2-4-12-38(36)47(31)39-13-5-3-11-37(39)44)23-22-32-18-20-33(21-19-32)24-26-35-27-29-46(53)51-48(35)49-40-14-6-8-16-42(40)50(51)43-17-9-7-15-41(43)49/h2-21,25,27-29,44,47,49-50,52-53H,1,30H2/b34-25-,45-28+. The summed E-state index contributed by atoms with van der Waals surface area (Å²) in [6, 6.07) is 46.2. The lowest BCUT2D eigenvalue weighted by molar-refractivity contribution is 0.417. The monoisotopic (exact) mass is 678 g/mol. The van der Waals surface area contributed by atoms with Gasteiger partial charge in [-0.05, 0) is 111 Å². The quantitative estimate of drug-likeness (QED) is 0.157. The smallest absolute Gasteiger partial charge is 0.120 e. The first-order valence-electron chi connectivity index (χ1n) is 18.2. The van der Waals surface area contributed by atoms with Gasteiger partial charge in [-0.15, -0.1) is 0 Å². The van der Waals surface area contributed by atoms with Crippen LogP contribution < -0.4 is 0 Å². The molecule has 0 fully saturated rings. The van der Waals surface area contributed by atoms with Crippen molar-refractivity contribution < 1.29 is 10.2 Å². The number of hydrogen-bond acceptors (Lipinski definition) is 2. The fraction of sp³-hybridized carbons (Fsp3) is 0.0980. The van der Waals surface area contributed by atoms with Gasteiger partial charge in [0.2, 0.25) is 0 Å². The molecule has 4 bridgehead atoms. The molecule has 2 heteroatoms. The Morgan fingerprint density at radius 2 is 0.906 bits per heavy atom. The Morgan fingerprint density at radius 1 is 0.453 bits per heavy atom. The number of fused-ring (bicyclic) bond motifs is 3. The van der Waals surface area contributed by atoms with E-state index in [0.717, 1.165) is 39.8 Å². The Kier molecular flexibility index (Phi) is 7.14. The van der Waals surface area contributed by atoms with Gasteiger partial charge in [0, 0.05) is 51.5 Å². The topological polar surface area (TPSA) is 40.5 Å². The predicted octanol–water partition coefficient (Wildman–Crippen LogP) is 10.7. The molecule has 2 N–H and O–H groups in total. The summed E-state index contributed by atoms with van der Waals surface area (Å²) in [4.78, 5) is 0. The number of allylic oxidation sites excluding steroid dienone is 4. The van der Waals surface area contributed by atoms with Crippen LogP contribution in [0.2, 0.25) is 0 Å². The summed E-state index contributed by atoms with van der Waals surface area (Å²) >= 11 is 0. The average molecular weight is 679 g/mol. The zero-order chi connectivity index (χ0) is 35.6. The third-order valence-corrected chi connectivity index (χ3v) is 11.6. The largest absolute Gasteiger partial charge is 0.508 e. The second kappa shape index (κ2) is 12.2. The first-order chi connectivity index (χ1) is 26.0. The molecule has 0 saturated heterocycles. The number of rotatable bonds is 0. The van der Waals surface area contributed by atoms with Crippen molar-refractivity contribution >= 4 is 0 Å². The van der Waals surface area contributed by atoms with E-state index in [0.29, 0.717) is 11.3 Å². The molecule has 53 heavy (non-hydrogen) atoms. The second-order valence-corrected chi connectivity index (χ2v) is 14.4. The van der Waals surface area contributed by atoms with Crippen LogP contribution in [0.15, 0.2) is 169 Å². The van der Waals surface area contributed by atoms with Gasteiger partial charge in [-0.3, -0.25) is 0 Å². The first kappa shape index (κ1) is 31.0. The Morgan fingerprint density at radius 3 is 1.43 bits per heavy atom. The van der Waals surface area contributed by atoms with Gasteiger partial charge in [0.15, 0.2) is 0 Å². The van der Waals surface area contributed by atoms with Gasteiger partial charge in [-0.25, -0.2) is 0 Å². The number of aliphatic hydroxyl groups is 1.